The van der Waals surface area contributed by atoms with Crippen molar-refractivity contribution in [1.82, 2.24) is 5.32 Å². The lowest BCUT2D eigenvalue weighted by atomic mass is 10.1. The Kier molecular flexibility index (Phi) is 5.29. The molecule has 0 bridgehead atoms. The van der Waals surface area contributed by atoms with Crippen molar-refractivity contribution in [2.24, 2.45) is 0 Å². The Morgan fingerprint density at radius 1 is 1.35 bits per heavy atom. The Morgan fingerprint density at radius 3 is 3.06 bits per heavy atom. The Hall–Kier alpha value is -0.580. The van der Waals surface area contributed by atoms with Gasteiger partial charge in [0.1, 0.15) is 12.4 Å². The van der Waals surface area contributed by atoms with Gasteiger partial charge in [0.2, 0.25) is 0 Å². The van der Waals surface area contributed by atoms with Crippen molar-refractivity contribution in [2.75, 3.05) is 26.3 Å². The molecule has 2 rings (SSSR count). The monoisotopic (exact) mass is 299 g/mol. The average Bonchev–Trinajstić information content (AvgIpc) is 2.36. The molecule has 17 heavy (non-hydrogen) atoms. The number of benzene rings is 1. The molecule has 1 fully saturated rings. The maximum absolute atomic E-state index is 5.74. The van der Waals surface area contributed by atoms with Gasteiger partial charge in [0.15, 0.2) is 0 Å². The number of ether oxygens (including phenoxy) is 2. The van der Waals surface area contributed by atoms with Crippen LogP contribution in [0, 0.1) is 0 Å². The third-order valence-electron chi connectivity index (χ3n) is 2.75. The molecule has 1 aliphatic rings. The van der Waals surface area contributed by atoms with Gasteiger partial charge in [-0.25, -0.2) is 0 Å². The molecule has 0 amide bonds. The number of nitrogens with one attached hydrogen (secondary N) is 1. The lowest BCUT2D eigenvalue weighted by Gasteiger charge is -2.23. The van der Waals surface area contributed by atoms with Crippen LogP contribution in [0.4, 0.5) is 0 Å². The lowest BCUT2D eigenvalue weighted by Crippen LogP contribution is -2.36. The molecule has 1 aliphatic heterocycles. The van der Waals surface area contributed by atoms with Crippen LogP contribution < -0.4 is 10.1 Å². The van der Waals surface area contributed by atoms with Gasteiger partial charge in [-0.15, -0.1) is 0 Å². The average molecular weight is 300 g/mol. The normalized spacial score (nSPS) is 20.2. The predicted molar refractivity (Wildman–Crippen MR) is 71.5 cm³/mol. The molecule has 1 atom stereocenters. The highest BCUT2D eigenvalue weighted by Gasteiger charge is 2.12. The highest BCUT2D eigenvalue weighted by molar-refractivity contribution is 9.10. The fraction of sp³-hybridized carbons (Fsp3) is 0.538. The van der Waals surface area contributed by atoms with Crippen LogP contribution in [-0.4, -0.2) is 32.4 Å². The van der Waals surface area contributed by atoms with E-state index in [0.29, 0.717) is 19.3 Å². The Morgan fingerprint density at radius 2 is 2.29 bits per heavy atom. The molecule has 0 aromatic heterocycles. The van der Waals surface area contributed by atoms with Crippen molar-refractivity contribution < 1.29 is 9.47 Å². The van der Waals surface area contributed by atoms with E-state index < -0.39 is 0 Å². The fourth-order valence-corrected chi connectivity index (χ4v) is 2.27. The third-order valence-corrected chi connectivity index (χ3v) is 3.25. The first kappa shape index (κ1) is 12.9. The summed E-state index contributed by atoms with van der Waals surface area (Å²) in [5.41, 5.74) is 0. The van der Waals surface area contributed by atoms with Crippen molar-refractivity contribution in [2.45, 2.75) is 18.9 Å². The summed E-state index contributed by atoms with van der Waals surface area (Å²) in [6, 6.07) is 7.86. The van der Waals surface area contributed by atoms with Crippen LogP contribution in [0.5, 0.6) is 5.75 Å². The van der Waals surface area contributed by atoms with Crippen LogP contribution in [0.25, 0.3) is 0 Å². The van der Waals surface area contributed by atoms with Gasteiger partial charge in [-0.2, -0.15) is 0 Å². The molecule has 1 saturated heterocycles. The van der Waals surface area contributed by atoms with Crippen LogP contribution in [0.2, 0.25) is 0 Å². The second-order valence-corrected chi connectivity index (χ2v) is 5.06. The summed E-state index contributed by atoms with van der Waals surface area (Å²) in [5.74, 6) is 0.879. The van der Waals surface area contributed by atoms with Gasteiger partial charge in [0.25, 0.3) is 0 Å². The standard InChI is InChI=1S/C13H18BrNO2/c14-11-3-1-4-12(9-11)16-7-8-17-13-5-2-6-15-10-13/h1,3-4,9,13,15H,2,5-8,10H2/t13-/m0/s1. The molecule has 3 nitrogen and oxygen atoms in total. The van der Waals surface area contributed by atoms with Crippen molar-refractivity contribution in [3.8, 4) is 5.75 Å². The molecular weight excluding hydrogens is 282 g/mol. The molecule has 1 aromatic carbocycles. The van der Waals surface area contributed by atoms with Gasteiger partial charge in [0, 0.05) is 11.0 Å². The topological polar surface area (TPSA) is 30.5 Å². The first-order valence-corrected chi connectivity index (χ1v) is 6.84. The summed E-state index contributed by atoms with van der Waals surface area (Å²) in [7, 11) is 0. The number of rotatable bonds is 5. The fourth-order valence-electron chi connectivity index (χ4n) is 1.89. The van der Waals surface area contributed by atoms with E-state index in [1.165, 1.54) is 6.42 Å². The predicted octanol–water partition coefficient (Wildman–Crippen LogP) is 2.60. The van der Waals surface area contributed by atoms with Gasteiger partial charge < -0.3 is 14.8 Å². The summed E-state index contributed by atoms with van der Waals surface area (Å²) < 4.78 is 12.4. The van der Waals surface area contributed by atoms with Gasteiger partial charge >= 0.3 is 0 Å². The van der Waals surface area contributed by atoms with E-state index in [9.17, 15) is 0 Å². The Bertz CT molecular complexity index is 340. The molecule has 1 aromatic rings. The zero-order valence-electron chi connectivity index (χ0n) is 9.82. The van der Waals surface area contributed by atoms with E-state index in [2.05, 4.69) is 21.2 Å². The lowest BCUT2D eigenvalue weighted by molar-refractivity contribution is 0.0205. The highest BCUT2D eigenvalue weighted by Crippen LogP contribution is 2.17. The molecule has 1 N–H and O–H groups in total. The molecule has 0 unspecified atom stereocenters. The quantitative estimate of drug-likeness (QED) is 0.848. The van der Waals surface area contributed by atoms with Crippen LogP contribution in [-0.2, 0) is 4.74 Å². The van der Waals surface area contributed by atoms with E-state index in [1.807, 2.05) is 24.3 Å². The van der Waals surface area contributed by atoms with Gasteiger partial charge in [-0.1, -0.05) is 22.0 Å². The van der Waals surface area contributed by atoms with Crippen LogP contribution >= 0.6 is 15.9 Å². The minimum atomic E-state index is 0.356. The SMILES string of the molecule is Brc1cccc(OCCO[C@H]2CCCNC2)c1. The molecule has 94 valence electrons. The molecule has 0 aliphatic carbocycles. The van der Waals surface area contributed by atoms with Crippen LogP contribution in [0.15, 0.2) is 28.7 Å². The minimum Gasteiger partial charge on any atom is -0.491 e. The van der Waals surface area contributed by atoms with Crippen molar-refractivity contribution in [3.05, 3.63) is 28.7 Å². The molecule has 4 heteroatoms. The first-order valence-electron chi connectivity index (χ1n) is 6.05. The summed E-state index contributed by atoms with van der Waals surface area (Å²) in [4.78, 5) is 0. The highest BCUT2D eigenvalue weighted by atomic mass is 79.9. The van der Waals surface area contributed by atoms with Crippen LogP contribution in [0.1, 0.15) is 12.8 Å². The maximum Gasteiger partial charge on any atom is 0.120 e. The first-order chi connectivity index (χ1) is 8.34. The summed E-state index contributed by atoms with van der Waals surface area (Å²) in [6.07, 6.45) is 2.72. The van der Waals surface area contributed by atoms with E-state index in [-0.39, 0.29) is 0 Å². The zero-order valence-corrected chi connectivity index (χ0v) is 11.4. The van der Waals surface area contributed by atoms with E-state index in [1.54, 1.807) is 0 Å². The summed E-state index contributed by atoms with van der Waals surface area (Å²) in [6.45, 7) is 3.34. The summed E-state index contributed by atoms with van der Waals surface area (Å²) in [5, 5.41) is 3.33. The molecule has 1 heterocycles. The Labute approximate surface area is 111 Å². The number of piperidine rings is 1. The van der Waals surface area contributed by atoms with Crippen LogP contribution in [0.3, 0.4) is 0 Å². The zero-order chi connectivity index (χ0) is 11.9. The van der Waals surface area contributed by atoms with Crippen molar-refractivity contribution in [3.63, 3.8) is 0 Å². The molecular formula is C13H18BrNO2. The van der Waals surface area contributed by atoms with E-state index in [4.69, 9.17) is 9.47 Å². The van der Waals surface area contributed by atoms with Gasteiger partial charge in [-0.05, 0) is 37.6 Å². The summed E-state index contributed by atoms with van der Waals surface area (Å²) >= 11 is 3.41. The van der Waals surface area contributed by atoms with Gasteiger partial charge in [0.05, 0.1) is 12.7 Å². The minimum absolute atomic E-state index is 0.356. The number of halogens is 1. The van der Waals surface area contributed by atoms with Crippen molar-refractivity contribution >= 4 is 15.9 Å². The second-order valence-electron chi connectivity index (χ2n) is 4.14. The molecule has 0 spiro atoms. The maximum atomic E-state index is 5.74. The van der Waals surface area contributed by atoms with E-state index in [0.717, 1.165) is 29.7 Å². The number of hydrogen-bond donors (Lipinski definition) is 1. The Balaban J connectivity index is 1.62. The smallest absolute Gasteiger partial charge is 0.120 e. The van der Waals surface area contributed by atoms with Gasteiger partial charge in [-0.3, -0.25) is 0 Å². The second kappa shape index (κ2) is 6.99. The molecule has 0 radical (unpaired) electrons. The largest absolute Gasteiger partial charge is 0.491 e. The third kappa shape index (κ3) is 4.66. The van der Waals surface area contributed by atoms with E-state index >= 15 is 0 Å². The molecule has 0 saturated carbocycles. The van der Waals surface area contributed by atoms with Crippen molar-refractivity contribution in [1.29, 1.82) is 0 Å². The number of hydrogen-bond acceptors (Lipinski definition) is 3.